The third-order valence-corrected chi connectivity index (χ3v) is 2.64. The van der Waals surface area contributed by atoms with E-state index < -0.39 is 0 Å². The summed E-state index contributed by atoms with van der Waals surface area (Å²) in [5, 5.41) is 7.42. The van der Waals surface area contributed by atoms with Gasteiger partial charge in [0.2, 0.25) is 0 Å². The van der Waals surface area contributed by atoms with E-state index in [0.29, 0.717) is 5.84 Å². The van der Waals surface area contributed by atoms with Gasteiger partial charge in [0.1, 0.15) is 5.84 Å². The Hall–Kier alpha value is -0.570. The van der Waals surface area contributed by atoms with Gasteiger partial charge in [-0.05, 0) is 25.3 Å². The largest absolute Gasteiger partial charge is 0.386 e. The minimum atomic E-state index is 0.190. The lowest BCUT2D eigenvalue weighted by atomic mass is 10.1. The number of rotatable bonds is 3. The Kier molecular flexibility index (Phi) is 3.09. The topological polar surface area (TPSA) is 53.1 Å². The first-order valence-corrected chi connectivity index (χ1v) is 4.73. The molecule has 0 radical (unpaired) electrons. The van der Waals surface area contributed by atoms with Gasteiger partial charge in [-0.3, -0.25) is 10.3 Å². The third-order valence-electron chi connectivity index (χ3n) is 2.64. The Labute approximate surface area is 74.4 Å². The Morgan fingerprint density at radius 3 is 2.75 bits per heavy atom. The van der Waals surface area contributed by atoms with Gasteiger partial charge in [0.15, 0.2) is 0 Å². The van der Waals surface area contributed by atoms with E-state index in [1.165, 1.54) is 6.42 Å². The number of nitrogens with two attached hydrogens (primary N) is 1. The fourth-order valence-corrected chi connectivity index (χ4v) is 1.93. The van der Waals surface area contributed by atoms with Crippen LogP contribution in [0.2, 0.25) is 0 Å². The van der Waals surface area contributed by atoms with Crippen LogP contribution >= 0.6 is 0 Å². The van der Waals surface area contributed by atoms with Crippen molar-refractivity contribution in [3.63, 3.8) is 0 Å². The molecule has 0 aromatic carbocycles. The van der Waals surface area contributed by atoms with Crippen LogP contribution in [0.5, 0.6) is 0 Å². The SMILES string of the molecule is CCC(C(=N)N)N1CCC(C)C1. The van der Waals surface area contributed by atoms with Gasteiger partial charge < -0.3 is 5.73 Å². The zero-order valence-corrected chi connectivity index (χ0v) is 8.01. The maximum Gasteiger partial charge on any atom is 0.108 e. The molecular weight excluding hydrogens is 150 g/mol. The fourth-order valence-electron chi connectivity index (χ4n) is 1.93. The number of amidine groups is 1. The summed E-state index contributed by atoms with van der Waals surface area (Å²) in [6.07, 6.45) is 2.21. The summed E-state index contributed by atoms with van der Waals surface area (Å²) in [4.78, 5) is 2.33. The average molecular weight is 169 g/mol. The summed E-state index contributed by atoms with van der Waals surface area (Å²) in [6, 6.07) is 0.190. The van der Waals surface area contributed by atoms with Crippen LogP contribution in [0.15, 0.2) is 0 Å². The van der Waals surface area contributed by atoms with E-state index in [2.05, 4.69) is 18.7 Å². The van der Waals surface area contributed by atoms with Gasteiger partial charge in [-0.1, -0.05) is 13.8 Å². The van der Waals surface area contributed by atoms with Gasteiger partial charge in [0, 0.05) is 6.54 Å². The van der Waals surface area contributed by atoms with Crippen LogP contribution in [0.25, 0.3) is 0 Å². The van der Waals surface area contributed by atoms with Gasteiger partial charge in [-0.25, -0.2) is 0 Å². The van der Waals surface area contributed by atoms with Crippen molar-refractivity contribution < 1.29 is 0 Å². The highest BCUT2D eigenvalue weighted by Crippen LogP contribution is 2.18. The first-order chi connectivity index (χ1) is 5.65. The maximum atomic E-state index is 7.42. The molecule has 0 bridgehead atoms. The smallest absolute Gasteiger partial charge is 0.108 e. The van der Waals surface area contributed by atoms with E-state index in [1.807, 2.05) is 0 Å². The molecule has 70 valence electrons. The second-order valence-electron chi connectivity index (χ2n) is 3.77. The molecule has 0 aromatic rings. The zero-order chi connectivity index (χ0) is 9.14. The number of likely N-dealkylation sites (tertiary alicyclic amines) is 1. The highest BCUT2D eigenvalue weighted by atomic mass is 15.2. The average Bonchev–Trinajstić information content (AvgIpc) is 2.37. The molecular formula is C9H19N3. The minimum Gasteiger partial charge on any atom is -0.386 e. The van der Waals surface area contributed by atoms with Gasteiger partial charge in [-0.2, -0.15) is 0 Å². The van der Waals surface area contributed by atoms with Gasteiger partial charge in [-0.15, -0.1) is 0 Å². The predicted molar refractivity (Wildman–Crippen MR) is 51.3 cm³/mol. The van der Waals surface area contributed by atoms with Crippen LogP contribution in [0.1, 0.15) is 26.7 Å². The molecule has 3 nitrogen and oxygen atoms in total. The molecule has 1 saturated heterocycles. The van der Waals surface area contributed by atoms with Crippen molar-refractivity contribution in [2.75, 3.05) is 13.1 Å². The van der Waals surface area contributed by atoms with Crippen LogP contribution in [-0.4, -0.2) is 29.9 Å². The summed E-state index contributed by atoms with van der Waals surface area (Å²) in [5.74, 6) is 1.10. The van der Waals surface area contributed by atoms with E-state index >= 15 is 0 Å². The van der Waals surface area contributed by atoms with Crippen molar-refractivity contribution in [1.82, 2.24) is 4.90 Å². The molecule has 0 saturated carbocycles. The van der Waals surface area contributed by atoms with Crippen molar-refractivity contribution in [2.45, 2.75) is 32.7 Å². The first-order valence-electron chi connectivity index (χ1n) is 4.73. The quantitative estimate of drug-likeness (QED) is 0.490. The lowest BCUT2D eigenvalue weighted by Gasteiger charge is -2.25. The second kappa shape index (κ2) is 3.90. The lowest BCUT2D eigenvalue weighted by molar-refractivity contribution is 0.282. The van der Waals surface area contributed by atoms with Crippen molar-refractivity contribution in [1.29, 1.82) is 5.41 Å². The fraction of sp³-hybridized carbons (Fsp3) is 0.889. The zero-order valence-electron chi connectivity index (χ0n) is 8.01. The maximum absolute atomic E-state index is 7.42. The monoisotopic (exact) mass is 169 g/mol. The van der Waals surface area contributed by atoms with Crippen molar-refractivity contribution in [3.05, 3.63) is 0 Å². The summed E-state index contributed by atoms with van der Waals surface area (Å²) in [5.41, 5.74) is 5.51. The second-order valence-corrected chi connectivity index (χ2v) is 3.77. The molecule has 2 atom stereocenters. The summed E-state index contributed by atoms with van der Waals surface area (Å²) in [7, 11) is 0. The molecule has 1 fully saturated rings. The lowest BCUT2D eigenvalue weighted by Crippen LogP contribution is -2.42. The molecule has 1 aliphatic rings. The minimum absolute atomic E-state index is 0.190. The normalized spacial score (nSPS) is 27.3. The van der Waals surface area contributed by atoms with Gasteiger partial charge in [0.05, 0.1) is 6.04 Å². The standard InChI is InChI=1S/C9H19N3/c1-3-8(9(10)11)12-5-4-7(2)6-12/h7-8H,3-6H2,1-2H3,(H3,10,11). The van der Waals surface area contributed by atoms with Crippen molar-refractivity contribution in [3.8, 4) is 0 Å². The van der Waals surface area contributed by atoms with Crippen LogP contribution in [0, 0.1) is 11.3 Å². The van der Waals surface area contributed by atoms with Crippen LogP contribution in [0.4, 0.5) is 0 Å². The Balaban J connectivity index is 2.49. The number of hydrogen-bond acceptors (Lipinski definition) is 2. The highest BCUT2D eigenvalue weighted by Gasteiger charge is 2.26. The van der Waals surface area contributed by atoms with Crippen LogP contribution < -0.4 is 5.73 Å². The molecule has 0 amide bonds. The first kappa shape index (κ1) is 9.52. The van der Waals surface area contributed by atoms with Gasteiger partial charge >= 0.3 is 0 Å². The molecule has 0 aromatic heterocycles. The summed E-state index contributed by atoms with van der Waals surface area (Å²) >= 11 is 0. The summed E-state index contributed by atoms with van der Waals surface area (Å²) < 4.78 is 0. The third kappa shape index (κ3) is 1.97. The van der Waals surface area contributed by atoms with E-state index in [0.717, 1.165) is 25.4 Å². The Morgan fingerprint density at radius 2 is 2.42 bits per heavy atom. The molecule has 3 heteroatoms. The molecule has 0 spiro atoms. The Morgan fingerprint density at radius 1 is 1.75 bits per heavy atom. The molecule has 2 unspecified atom stereocenters. The molecule has 1 rings (SSSR count). The number of nitrogens with zero attached hydrogens (tertiary/aromatic N) is 1. The molecule has 1 aliphatic heterocycles. The number of nitrogens with one attached hydrogen (secondary N) is 1. The van der Waals surface area contributed by atoms with Crippen molar-refractivity contribution >= 4 is 5.84 Å². The van der Waals surface area contributed by atoms with Crippen LogP contribution in [0.3, 0.4) is 0 Å². The highest BCUT2D eigenvalue weighted by molar-refractivity contribution is 5.82. The van der Waals surface area contributed by atoms with Crippen LogP contribution in [-0.2, 0) is 0 Å². The van der Waals surface area contributed by atoms with E-state index in [4.69, 9.17) is 11.1 Å². The van der Waals surface area contributed by atoms with E-state index in [1.54, 1.807) is 0 Å². The van der Waals surface area contributed by atoms with Gasteiger partial charge in [0.25, 0.3) is 0 Å². The van der Waals surface area contributed by atoms with E-state index in [-0.39, 0.29) is 6.04 Å². The molecule has 1 heterocycles. The molecule has 12 heavy (non-hydrogen) atoms. The predicted octanol–water partition coefficient (Wildman–Crippen LogP) is 1.04. The molecule has 0 aliphatic carbocycles. The Bertz CT molecular complexity index is 167. The van der Waals surface area contributed by atoms with Crippen molar-refractivity contribution in [2.24, 2.45) is 11.7 Å². The van der Waals surface area contributed by atoms with E-state index in [9.17, 15) is 0 Å². The summed E-state index contributed by atoms with van der Waals surface area (Å²) in [6.45, 7) is 6.57. The number of hydrogen-bond donors (Lipinski definition) is 2. The molecule has 3 N–H and O–H groups in total.